The molecule has 1 rings (SSSR count). The molecule has 0 N–H and O–H groups in total. The van der Waals surface area contributed by atoms with Crippen molar-refractivity contribution in [1.82, 2.24) is 4.98 Å². The van der Waals surface area contributed by atoms with Gasteiger partial charge in [-0.2, -0.15) is 0 Å². The van der Waals surface area contributed by atoms with Crippen molar-refractivity contribution in [3.8, 4) is 0 Å². The predicted octanol–water partition coefficient (Wildman–Crippen LogP) is 2.29. The Bertz CT molecular complexity index is 377. The topological polar surface area (TPSA) is 12.9 Å². The lowest BCUT2D eigenvalue weighted by Gasteiger charge is -1.94. The van der Waals surface area contributed by atoms with E-state index in [1.165, 1.54) is 0 Å². The molecule has 0 saturated carbocycles. The van der Waals surface area contributed by atoms with Crippen molar-refractivity contribution >= 4 is 15.9 Å². The van der Waals surface area contributed by atoms with Gasteiger partial charge in [-0.15, -0.1) is 0 Å². The zero-order valence-corrected chi connectivity index (χ0v) is 5.79. The number of halogens is 2. The predicted molar refractivity (Wildman–Crippen MR) is 36.6 cm³/mol. The highest BCUT2D eigenvalue weighted by atomic mass is 79.9. The molecule has 1 aromatic rings. The first-order valence-electron chi connectivity index (χ1n) is 4.58. The van der Waals surface area contributed by atoms with E-state index in [0.717, 1.165) is 0 Å². The molecule has 0 aliphatic rings. The first kappa shape index (κ1) is 2.66. The quantitative estimate of drug-likeness (QED) is 0.618. The normalized spacial score (nSPS) is 19.1. The van der Waals surface area contributed by atoms with Crippen LogP contribution in [-0.2, 0) is 0 Å². The van der Waals surface area contributed by atoms with Crippen LogP contribution in [0, 0.1) is 12.7 Å². The molecule has 0 unspecified atom stereocenters. The second-order valence-corrected chi connectivity index (χ2v) is 2.13. The maximum absolute atomic E-state index is 13.3. The van der Waals surface area contributed by atoms with Crippen LogP contribution in [-0.4, -0.2) is 4.98 Å². The van der Waals surface area contributed by atoms with Crippen molar-refractivity contribution in [3.63, 3.8) is 0 Å². The standard InChI is InChI=1S/C6H5BrFN/c1-4-2-9-3-5(7)6(4)8/h2-3H,1H3/i1D3,2D,3D. The van der Waals surface area contributed by atoms with Gasteiger partial charge in [-0.25, -0.2) is 4.39 Å². The van der Waals surface area contributed by atoms with Gasteiger partial charge in [-0.05, 0) is 22.8 Å². The summed E-state index contributed by atoms with van der Waals surface area (Å²) >= 11 is 2.70. The molecule has 0 saturated heterocycles. The fourth-order valence-electron chi connectivity index (χ4n) is 0.341. The molecular weight excluding hydrogens is 185 g/mol. The molecule has 0 atom stereocenters. The molecule has 9 heavy (non-hydrogen) atoms. The number of hydrogen-bond donors (Lipinski definition) is 0. The summed E-state index contributed by atoms with van der Waals surface area (Å²) in [6.07, 6.45) is -1.21. The summed E-state index contributed by atoms with van der Waals surface area (Å²) in [5.74, 6) is -1.12. The fraction of sp³-hybridized carbons (Fsp3) is 0.167. The van der Waals surface area contributed by atoms with E-state index in [-0.39, 0.29) is 4.47 Å². The molecule has 1 nitrogen and oxygen atoms in total. The largest absolute Gasteiger partial charge is 0.263 e. The lowest BCUT2D eigenvalue weighted by molar-refractivity contribution is 0.609. The molecule has 0 aliphatic carbocycles. The average Bonchev–Trinajstić information content (AvgIpc) is 1.97. The van der Waals surface area contributed by atoms with Crippen LogP contribution >= 0.6 is 15.9 Å². The molecule has 0 aromatic carbocycles. The van der Waals surface area contributed by atoms with E-state index in [1.54, 1.807) is 0 Å². The minimum absolute atomic E-state index is 0.334. The molecule has 0 bridgehead atoms. The van der Waals surface area contributed by atoms with Crippen molar-refractivity contribution < 1.29 is 11.2 Å². The number of aromatic nitrogens is 1. The zero-order valence-electron chi connectivity index (χ0n) is 9.20. The van der Waals surface area contributed by atoms with Gasteiger partial charge in [-0.1, -0.05) is 0 Å². The third kappa shape index (κ3) is 1.27. The van der Waals surface area contributed by atoms with E-state index in [9.17, 15) is 4.39 Å². The minimum Gasteiger partial charge on any atom is -0.263 e. The Kier molecular flexibility index (Phi) is 0.720. The Morgan fingerprint density at radius 1 is 1.89 bits per heavy atom. The minimum atomic E-state index is -2.73. The summed E-state index contributed by atoms with van der Waals surface area (Å²) < 4.78 is 48.2. The summed E-state index contributed by atoms with van der Waals surface area (Å²) in [4.78, 5) is 3.29. The summed E-state index contributed by atoms with van der Waals surface area (Å²) in [5.41, 5.74) is -0.764. The van der Waals surface area contributed by atoms with E-state index < -0.39 is 30.6 Å². The summed E-state index contributed by atoms with van der Waals surface area (Å²) in [5, 5.41) is 0. The van der Waals surface area contributed by atoms with E-state index in [0.29, 0.717) is 0 Å². The highest BCUT2D eigenvalue weighted by molar-refractivity contribution is 9.10. The van der Waals surface area contributed by atoms with Gasteiger partial charge >= 0.3 is 0 Å². The Balaban J connectivity index is 3.53. The van der Waals surface area contributed by atoms with Crippen LogP contribution in [0.1, 0.15) is 12.4 Å². The molecule has 48 valence electrons. The van der Waals surface area contributed by atoms with Crippen molar-refractivity contribution in [2.75, 3.05) is 0 Å². The van der Waals surface area contributed by atoms with Gasteiger partial charge in [0.15, 0.2) is 0 Å². The van der Waals surface area contributed by atoms with Gasteiger partial charge in [0.1, 0.15) is 5.82 Å². The monoisotopic (exact) mass is 194 g/mol. The third-order valence-corrected chi connectivity index (χ3v) is 1.26. The third-order valence-electron chi connectivity index (χ3n) is 0.734. The number of pyridine rings is 1. The van der Waals surface area contributed by atoms with Gasteiger partial charge < -0.3 is 0 Å². The van der Waals surface area contributed by atoms with Crippen LogP contribution in [0.15, 0.2) is 16.8 Å². The first-order chi connectivity index (χ1) is 6.25. The van der Waals surface area contributed by atoms with Crippen LogP contribution in [0.3, 0.4) is 0 Å². The Hall–Kier alpha value is -0.440. The Labute approximate surface area is 68.1 Å². The molecule has 1 heterocycles. The molecular formula is C6H5BrFN. The van der Waals surface area contributed by atoms with Crippen LogP contribution in [0.2, 0.25) is 0 Å². The lowest BCUT2D eigenvalue weighted by atomic mass is 10.3. The van der Waals surface area contributed by atoms with Gasteiger partial charge in [0.25, 0.3) is 0 Å². The summed E-state index contributed by atoms with van der Waals surface area (Å²) in [6.45, 7) is -2.73. The van der Waals surface area contributed by atoms with Gasteiger partial charge in [0.2, 0.25) is 0 Å². The van der Waals surface area contributed by atoms with Gasteiger partial charge in [0.05, 0.1) is 7.21 Å². The van der Waals surface area contributed by atoms with Crippen LogP contribution in [0.4, 0.5) is 4.39 Å². The number of hydrogen-bond acceptors (Lipinski definition) is 1. The van der Waals surface area contributed by atoms with Crippen LogP contribution in [0.25, 0.3) is 0 Å². The fourth-order valence-corrected chi connectivity index (χ4v) is 0.628. The van der Waals surface area contributed by atoms with E-state index in [4.69, 9.17) is 6.85 Å². The molecule has 0 amide bonds. The summed E-state index contributed by atoms with van der Waals surface area (Å²) in [7, 11) is 0. The Morgan fingerprint density at radius 3 is 3.33 bits per heavy atom. The second-order valence-electron chi connectivity index (χ2n) is 1.34. The zero-order chi connectivity index (χ0) is 11.1. The van der Waals surface area contributed by atoms with E-state index in [1.807, 2.05) is 0 Å². The molecule has 0 radical (unpaired) electrons. The van der Waals surface area contributed by atoms with Gasteiger partial charge in [0, 0.05) is 22.0 Å². The van der Waals surface area contributed by atoms with Crippen molar-refractivity contribution in [2.24, 2.45) is 0 Å². The van der Waals surface area contributed by atoms with Crippen molar-refractivity contribution in [2.45, 2.75) is 6.85 Å². The second kappa shape index (κ2) is 2.43. The Morgan fingerprint density at radius 2 is 2.67 bits per heavy atom. The molecule has 0 spiro atoms. The highest BCUT2D eigenvalue weighted by Crippen LogP contribution is 2.15. The van der Waals surface area contributed by atoms with E-state index in [2.05, 4.69) is 20.9 Å². The lowest BCUT2D eigenvalue weighted by Crippen LogP contribution is -1.84. The number of rotatable bonds is 0. The maximum atomic E-state index is 13.3. The molecule has 1 aromatic heterocycles. The molecule has 3 heteroatoms. The summed E-state index contributed by atoms with van der Waals surface area (Å²) in [6, 6.07) is 0. The van der Waals surface area contributed by atoms with Crippen LogP contribution < -0.4 is 0 Å². The highest BCUT2D eigenvalue weighted by Gasteiger charge is 1.99. The smallest absolute Gasteiger partial charge is 0.143 e. The van der Waals surface area contributed by atoms with Crippen molar-refractivity contribution in [1.29, 1.82) is 0 Å². The molecule has 0 fully saturated rings. The number of nitrogens with zero attached hydrogens (tertiary/aromatic N) is 1. The van der Waals surface area contributed by atoms with Crippen molar-refractivity contribution in [3.05, 3.63) is 28.2 Å². The maximum Gasteiger partial charge on any atom is 0.143 e. The van der Waals surface area contributed by atoms with E-state index >= 15 is 0 Å². The molecule has 0 aliphatic heterocycles. The van der Waals surface area contributed by atoms with Crippen LogP contribution in [0.5, 0.6) is 0 Å². The average molecular weight is 195 g/mol. The first-order valence-corrected chi connectivity index (χ1v) is 2.87. The SMILES string of the molecule is [2H]c1nc([2H])c(C([2H])([2H])[2H])c(F)c1Br. The van der Waals surface area contributed by atoms with Gasteiger partial charge in [-0.3, -0.25) is 4.98 Å².